The molecule has 120 valence electrons. The van der Waals surface area contributed by atoms with E-state index in [1.54, 1.807) is 6.92 Å². The van der Waals surface area contributed by atoms with Crippen LogP contribution in [0.3, 0.4) is 0 Å². The third kappa shape index (κ3) is 3.18. The molecule has 0 radical (unpaired) electrons. The van der Waals surface area contributed by atoms with Gasteiger partial charge in [0.25, 0.3) is 6.01 Å². The molecule has 0 spiro atoms. The van der Waals surface area contributed by atoms with Crippen molar-refractivity contribution in [2.45, 2.75) is 13.5 Å². The highest BCUT2D eigenvalue weighted by Crippen LogP contribution is 2.15. The third-order valence-corrected chi connectivity index (χ3v) is 3.51. The lowest BCUT2D eigenvalue weighted by atomic mass is 10.3. The molecular formula is C16H18N4O3. The van der Waals surface area contributed by atoms with Crippen LogP contribution in [0.15, 0.2) is 41.3 Å². The zero-order valence-corrected chi connectivity index (χ0v) is 13.1. The van der Waals surface area contributed by atoms with Crippen molar-refractivity contribution in [2.24, 2.45) is 0 Å². The predicted molar refractivity (Wildman–Crippen MR) is 85.5 cm³/mol. The Morgan fingerprint density at radius 2 is 2.22 bits per heavy atom. The maximum absolute atomic E-state index is 11.6. The van der Waals surface area contributed by atoms with Crippen molar-refractivity contribution < 1.29 is 13.9 Å². The minimum atomic E-state index is -0.475. The Labute approximate surface area is 133 Å². The summed E-state index contributed by atoms with van der Waals surface area (Å²) in [5.74, 6) is -0.475. The number of esters is 1. The summed E-state index contributed by atoms with van der Waals surface area (Å²) < 4.78 is 12.3. The average molecular weight is 314 g/mol. The lowest BCUT2D eigenvalue weighted by Crippen LogP contribution is -2.23. The lowest BCUT2D eigenvalue weighted by Gasteiger charge is -2.14. The number of ether oxygens (including phenoxy) is 1. The summed E-state index contributed by atoms with van der Waals surface area (Å²) in [6.45, 7) is 3.46. The second-order valence-corrected chi connectivity index (χ2v) is 5.08. The van der Waals surface area contributed by atoms with Crippen molar-refractivity contribution in [3.8, 4) is 0 Å². The number of para-hydroxylation sites is 2. The van der Waals surface area contributed by atoms with Gasteiger partial charge in [-0.05, 0) is 19.1 Å². The fraction of sp³-hybridized carbons (Fsp3) is 0.312. The van der Waals surface area contributed by atoms with Crippen LogP contribution < -0.4 is 4.90 Å². The highest BCUT2D eigenvalue weighted by molar-refractivity contribution is 5.87. The molecule has 7 heteroatoms. The molecule has 0 atom stereocenters. The third-order valence-electron chi connectivity index (χ3n) is 3.51. The molecule has 3 aromatic rings. The van der Waals surface area contributed by atoms with Crippen LogP contribution in [-0.2, 0) is 11.3 Å². The average Bonchev–Trinajstić information content (AvgIpc) is 3.20. The zero-order chi connectivity index (χ0) is 16.2. The van der Waals surface area contributed by atoms with Crippen LogP contribution in [0, 0.1) is 0 Å². The summed E-state index contributed by atoms with van der Waals surface area (Å²) in [5, 5.41) is 0. The van der Waals surface area contributed by atoms with E-state index in [2.05, 4.69) is 14.5 Å². The first kappa shape index (κ1) is 15.1. The van der Waals surface area contributed by atoms with Gasteiger partial charge in [-0.3, -0.25) is 0 Å². The normalized spacial score (nSPS) is 10.9. The van der Waals surface area contributed by atoms with Crippen molar-refractivity contribution >= 4 is 23.0 Å². The number of carbonyl (C=O) groups is 1. The standard InChI is InChI=1S/C16H18N4O3/c1-3-22-15(21)13-10-23-16(18-13)19(2)8-9-20-11-17-12-6-4-5-7-14(12)20/h4-7,10-11H,3,8-9H2,1-2H3. The first-order valence-corrected chi connectivity index (χ1v) is 7.42. The van der Waals surface area contributed by atoms with Gasteiger partial charge in [-0.15, -0.1) is 0 Å². The smallest absolute Gasteiger partial charge is 0.360 e. The Morgan fingerprint density at radius 3 is 3.04 bits per heavy atom. The lowest BCUT2D eigenvalue weighted by molar-refractivity contribution is 0.0519. The van der Waals surface area contributed by atoms with Gasteiger partial charge in [0, 0.05) is 20.1 Å². The minimum absolute atomic E-state index is 0.182. The Kier molecular flexibility index (Phi) is 4.27. The molecule has 0 aliphatic rings. The maximum atomic E-state index is 11.6. The van der Waals surface area contributed by atoms with Crippen LogP contribution in [0.2, 0.25) is 0 Å². The molecule has 3 rings (SSSR count). The van der Waals surface area contributed by atoms with Crippen molar-refractivity contribution in [3.63, 3.8) is 0 Å². The first-order valence-electron chi connectivity index (χ1n) is 7.42. The molecule has 23 heavy (non-hydrogen) atoms. The van der Waals surface area contributed by atoms with Gasteiger partial charge in [-0.25, -0.2) is 9.78 Å². The van der Waals surface area contributed by atoms with Crippen molar-refractivity contribution in [1.29, 1.82) is 0 Å². The van der Waals surface area contributed by atoms with Gasteiger partial charge >= 0.3 is 5.97 Å². The van der Waals surface area contributed by atoms with E-state index in [1.165, 1.54) is 6.26 Å². The summed E-state index contributed by atoms with van der Waals surface area (Å²) in [4.78, 5) is 22.0. The van der Waals surface area contributed by atoms with Gasteiger partial charge < -0.3 is 18.6 Å². The van der Waals surface area contributed by atoms with Crippen LogP contribution >= 0.6 is 0 Å². The van der Waals surface area contributed by atoms with E-state index in [-0.39, 0.29) is 5.69 Å². The molecule has 0 unspecified atom stereocenters. The fourth-order valence-corrected chi connectivity index (χ4v) is 2.28. The number of imidazole rings is 1. The van der Waals surface area contributed by atoms with Crippen LogP contribution in [0.1, 0.15) is 17.4 Å². The van der Waals surface area contributed by atoms with Crippen molar-refractivity contribution in [1.82, 2.24) is 14.5 Å². The van der Waals surface area contributed by atoms with Crippen LogP contribution in [0.4, 0.5) is 6.01 Å². The fourth-order valence-electron chi connectivity index (χ4n) is 2.28. The quantitative estimate of drug-likeness (QED) is 0.650. The Hall–Kier alpha value is -2.83. The van der Waals surface area contributed by atoms with Crippen LogP contribution in [0.25, 0.3) is 11.0 Å². The highest BCUT2D eigenvalue weighted by Gasteiger charge is 2.15. The largest absolute Gasteiger partial charge is 0.461 e. The van der Waals surface area contributed by atoms with Crippen molar-refractivity contribution in [2.75, 3.05) is 25.1 Å². The summed E-state index contributed by atoms with van der Waals surface area (Å²) >= 11 is 0. The number of hydrogen-bond donors (Lipinski definition) is 0. The number of likely N-dealkylation sites (N-methyl/N-ethyl adjacent to an activating group) is 1. The number of nitrogens with zero attached hydrogens (tertiary/aromatic N) is 4. The molecule has 0 saturated heterocycles. The number of hydrogen-bond acceptors (Lipinski definition) is 6. The summed E-state index contributed by atoms with van der Waals surface area (Å²) in [7, 11) is 1.86. The second-order valence-electron chi connectivity index (χ2n) is 5.08. The molecule has 0 amide bonds. The number of aromatic nitrogens is 3. The van der Waals surface area contributed by atoms with Gasteiger partial charge in [-0.1, -0.05) is 12.1 Å². The van der Waals surface area contributed by atoms with Crippen LogP contribution in [0.5, 0.6) is 0 Å². The van der Waals surface area contributed by atoms with Crippen LogP contribution in [-0.4, -0.2) is 40.7 Å². The molecule has 0 saturated carbocycles. The van der Waals surface area contributed by atoms with E-state index in [0.29, 0.717) is 19.2 Å². The molecule has 0 bridgehead atoms. The van der Waals surface area contributed by atoms with Gasteiger partial charge in [0.2, 0.25) is 0 Å². The number of anilines is 1. The van der Waals surface area contributed by atoms with E-state index in [9.17, 15) is 4.79 Å². The number of fused-ring (bicyclic) bond motifs is 1. The summed E-state index contributed by atoms with van der Waals surface area (Å²) in [6, 6.07) is 8.36. The number of benzene rings is 1. The topological polar surface area (TPSA) is 73.4 Å². The molecule has 1 aromatic carbocycles. The molecular weight excluding hydrogens is 296 g/mol. The molecule has 2 aromatic heterocycles. The molecule has 0 N–H and O–H groups in total. The van der Waals surface area contributed by atoms with Gasteiger partial charge in [0.05, 0.1) is 24.0 Å². The first-order chi connectivity index (χ1) is 11.2. The summed E-state index contributed by atoms with van der Waals surface area (Å²) in [5.41, 5.74) is 2.23. The minimum Gasteiger partial charge on any atom is -0.461 e. The van der Waals surface area contributed by atoms with Crippen molar-refractivity contribution in [3.05, 3.63) is 42.5 Å². The monoisotopic (exact) mass is 314 g/mol. The number of oxazole rings is 1. The van der Waals surface area contributed by atoms with E-state index >= 15 is 0 Å². The molecule has 2 heterocycles. The Balaban J connectivity index is 1.65. The SMILES string of the molecule is CCOC(=O)c1coc(N(C)CCn2cnc3ccccc32)n1. The number of carbonyl (C=O) groups excluding carboxylic acids is 1. The number of rotatable bonds is 6. The van der Waals surface area contributed by atoms with Gasteiger partial charge in [0.1, 0.15) is 6.26 Å². The van der Waals surface area contributed by atoms with Gasteiger partial charge in [0.15, 0.2) is 5.69 Å². The van der Waals surface area contributed by atoms with E-state index in [0.717, 1.165) is 17.6 Å². The Morgan fingerprint density at radius 1 is 1.39 bits per heavy atom. The Bertz CT molecular complexity index is 808. The zero-order valence-electron chi connectivity index (χ0n) is 13.1. The maximum Gasteiger partial charge on any atom is 0.360 e. The molecule has 0 aliphatic carbocycles. The second kappa shape index (κ2) is 6.51. The van der Waals surface area contributed by atoms with E-state index in [4.69, 9.17) is 9.15 Å². The van der Waals surface area contributed by atoms with E-state index < -0.39 is 5.97 Å². The van der Waals surface area contributed by atoms with Gasteiger partial charge in [-0.2, -0.15) is 4.98 Å². The summed E-state index contributed by atoms with van der Waals surface area (Å²) in [6.07, 6.45) is 3.13. The molecule has 7 nitrogen and oxygen atoms in total. The molecule has 0 aliphatic heterocycles. The predicted octanol–water partition coefficient (Wildman–Crippen LogP) is 2.34. The van der Waals surface area contributed by atoms with E-state index in [1.807, 2.05) is 42.5 Å². The molecule has 0 fully saturated rings. The highest BCUT2D eigenvalue weighted by atomic mass is 16.5.